The minimum atomic E-state index is -0.946. The van der Waals surface area contributed by atoms with Crippen LogP contribution in [0, 0.1) is 18.8 Å². The maximum absolute atomic E-state index is 13.1. The first-order chi connectivity index (χ1) is 14.2. The maximum Gasteiger partial charge on any atom is 0.307 e. The fraction of sp³-hybridized carbons (Fsp3) is 0.609. The third kappa shape index (κ3) is 4.61. The zero-order valence-corrected chi connectivity index (χ0v) is 19.1. The molecule has 1 heterocycles. The highest BCUT2D eigenvalue weighted by molar-refractivity contribution is 7.16. The third-order valence-corrected chi connectivity index (χ3v) is 7.70. The molecule has 0 spiro atoms. The molecule has 1 fully saturated rings. The first-order valence-electron chi connectivity index (χ1n) is 10.8. The summed E-state index contributed by atoms with van der Waals surface area (Å²) >= 11 is 1.40. The zero-order valence-electron chi connectivity index (χ0n) is 18.3. The normalized spacial score (nSPS) is 22.3. The Labute approximate surface area is 182 Å². The van der Waals surface area contributed by atoms with Crippen molar-refractivity contribution >= 4 is 34.1 Å². The number of hydrogen-bond acceptors (Lipinski definition) is 4. The van der Waals surface area contributed by atoms with E-state index in [2.05, 4.69) is 10.6 Å². The van der Waals surface area contributed by atoms with Gasteiger partial charge in [-0.25, -0.2) is 0 Å². The van der Waals surface area contributed by atoms with Gasteiger partial charge in [-0.3, -0.25) is 14.4 Å². The molecule has 0 bridgehead atoms. The van der Waals surface area contributed by atoms with E-state index in [-0.39, 0.29) is 17.9 Å². The predicted molar refractivity (Wildman–Crippen MR) is 119 cm³/mol. The number of thiophene rings is 1. The summed E-state index contributed by atoms with van der Waals surface area (Å²) in [5, 5.41) is 16.3. The number of carboxylic acids is 1. The fourth-order valence-electron chi connectivity index (χ4n) is 4.69. The van der Waals surface area contributed by atoms with Gasteiger partial charge in [0.25, 0.3) is 5.91 Å². The van der Waals surface area contributed by atoms with E-state index in [9.17, 15) is 19.5 Å². The molecule has 2 amide bonds. The van der Waals surface area contributed by atoms with E-state index >= 15 is 0 Å². The Morgan fingerprint density at radius 1 is 1.03 bits per heavy atom. The molecule has 6 nitrogen and oxygen atoms in total. The zero-order chi connectivity index (χ0) is 22.0. The van der Waals surface area contributed by atoms with Gasteiger partial charge in [0.2, 0.25) is 5.91 Å². The lowest BCUT2D eigenvalue weighted by molar-refractivity contribution is -0.146. The minimum absolute atomic E-state index is 0.135. The molecule has 0 saturated heterocycles. The SMILES string of the molecule is CCc1c(C)sc(NC(=O)C2CC(C)=C(C)CC2C(=O)O)c1C(=O)NC1CCCC1. The maximum atomic E-state index is 13.1. The van der Waals surface area contributed by atoms with Gasteiger partial charge in [-0.05, 0) is 58.4 Å². The number of hydrogen-bond donors (Lipinski definition) is 3. The second-order valence-electron chi connectivity index (χ2n) is 8.66. The summed E-state index contributed by atoms with van der Waals surface area (Å²) in [4.78, 5) is 39.0. The summed E-state index contributed by atoms with van der Waals surface area (Å²) < 4.78 is 0. The smallest absolute Gasteiger partial charge is 0.307 e. The summed E-state index contributed by atoms with van der Waals surface area (Å²) in [6.45, 7) is 7.85. The van der Waals surface area contributed by atoms with Crippen LogP contribution in [0.2, 0.25) is 0 Å². The molecule has 1 aromatic heterocycles. The Kier molecular flexibility index (Phi) is 7.01. The van der Waals surface area contributed by atoms with E-state index in [1.807, 2.05) is 27.7 Å². The minimum Gasteiger partial charge on any atom is -0.481 e. The van der Waals surface area contributed by atoms with Crippen molar-refractivity contribution in [3.05, 3.63) is 27.2 Å². The van der Waals surface area contributed by atoms with Gasteiger partial charge in [0.05, 0.1) is 17.4 Å². The molecule has 2 atom stereocenters. The first kappa shape index (κ1) is 22.5. The molecule has 1 aromatic rings. The molecular weight excluding hydrogens is 400 g/mol. The third-order valence-electron chi connectivity index (χ3n) is 6.64. The highest BCUT2D eigenvalue weighted by Gasteiger charge is 2.38. The molecule has 2 unspecified atom stereocenters. The van der Waals surface area contributed by atoms with Crippen LogP contribution in [-0.2, 0) is 16.0 Å². The van der Waals surface area contributed by atoms with E-state index < -0.39 is 17.8 Å². The van der Waals surface area contributed by atoms with Crippen LogP contribution in [0.1, 0.15) is 80.1 Å². The Morgan fingerprint density at radius 3 is 2.20 bits per heavy atom. The van der Waals surface area contributed by atoms with Crippen LogP contribution in [0.25, 0.3) is 0 Å². The van der Waals surface area contributed by atoms with E-state index in [1.54, 1.807) is 0 Å². The number of allylic oxidation sites excluding steroid dienone is 2. The average molecular weight is 433 g/mol. The van der Waals surface area contributed by atoms with Crippen molar-refractivity contribution in [1.29, 1.82) is 0 Å². The van der Waals surface area contributed by atoms with Crippen molar-refractivity contribution < 1.29 is 19.5 Å². The molecule has 164 valence electrons. The standard InChI is InChI=1S/C23H32N2O4S/c1-5-16-14(4)30-22(19(16)21(27)24-15-8-6-7-9-15)25-20(26)17-10-12(2)13(3)11-18(17)23(28)29/h15,17-18H,5-11H2,1-4H3,(H,24,27)(H,25,26)(H,28,29). The Morgan fingerprint density at radius 2 is 1.63 bits per heavy atom. The van der Waals surface area contributed by atoms with Crippen molar-refractivity contribution in [3.63, 3.8) is 0 Å². The number of aryl methyl sites for hydroxylation is 1. The van der Waals surface area contributed by atoms with Gasteiger partial charge in [-0.1, -0.05) is 30.9 Å². The molecule has 0 aromatic carbocycles. The van der Waals surface area contributed by atoms with Gasteiger partial charge >= 0.3 is 5.97 Å². The number of nitrogens with one attached hydrogen (secondary N) is 2. The highest BCUT2D eigenvalue weighted by atomic mass is 32.1. The molecule has 3 rings (SSSR count). The Balaban J connectivity index is 1.85. The molecule has 0 aliphatic heterocycles. The lowest BCUT2D eigenvalue weighted by Gasteiger charge is -2.29. The molecule has 0 radical (unpaired) electrons. The number of carbonyl (C=O) groups excluding carboxylic acids is 2. The first-order valence-corrected chi connectivity index (χ1v) is 11.7. The van der Waals surface area contributed by atoms with Crippen LogP contribution < -0.4 is 10.6 Å². The van der Waals surface area contributed by atoms with Gasteiger partial charge in [0.1, 0.15) is 5.00 Å². The van der Waals surface area contributed by atoms with Crippen molar-refractivity contribution in [2.75, 3.05) is 5.32 Å². The molecular formula is C23H32N2O4S. The number of aliphatic carboxylic acids is 1. The Bertz CT molecular complexity index is 880. The quantitative estimate of drug-likeness (QED) is 0.569. The van der Waals surface area contributed by atoms with Crippen LogP contribution in [0.15, 0.2) is 11.1 Å². The Hall–Kier alpha value is -2.15. The topological polar surface area (TPSA) is 95.5 Å². The van der Waals surface area contributed by atoms with E-state index in [1.165, 1.54) is 11.3 Å². The van der Waals surface area contributed by atoms with Crippen LogP contribution >= 0.6 is 11.3 Å². The highest BCUT2D eigenvalue weighted by Crippen LogP contribution is 2.38. The predicted octanol–water partition coefficient (Wildman–Crippen LogP) is 4.68. The second-order valence-corrected chi connectivity index (χ2v) is 9.88. The molecule has 7 heteroatoms. The summed E-state index contributed by atoms with van der Waals surface area (Å²) in [6.07, 6.45) is 5.76. The van der Waals surface area contributed by atoms with Gasteiger partial charge in [-0.15, -0.1) is 11.3 Å². The van der Waals surface area contributed by atoms with Crippen LogP contribution in [-0.4, -0.2) is 28.9 Å². The van der Waals surface area contributed by atoms with Crippen molar-refractivity contribution in [1.82, 2.24) is 5.32 Å². The van der Waals surface area contributed by atoms with Crippen molar-refractivity contribution in [3.8, 4) is 0 Å². The van der Waals surface area contributed by atoms with Crippen LogP contribution in [0.3, 0.4) is 0 Å². The number of amides is 2. The summed E-state index contributed by atoms with van der Waals surface area (Å²) in [6, 6.07) is 0.191. The summed E-state index contributed by atoms with van der Waals surface area (Å²) in [5.74, 6) is -2.77. The van der Waals surface area contributed by atoms with Gasteiger partial charge in [-0.2, -0.15) is 0 Å². The number of carboxylic acid groups (broad SMARTS) is 1. The molecule has 1 saturated carbocycles. The van der Waals surface area contributed by atoms with Gasteiger partial charge < -0.3 is 15.7 Å². The van der Waals surface area contributed by atoms with Crippen LogP contribution in [0.5, 0.6) is 0 Å². The lowest BCUT2D eigenvalue weighted by Crippen LogP contribution is -2.37. The largest absolute Gasteiger partial charge is 0.481 e. The number of rotatable bonds is 6. The van der Waals surface area contributed by atoms with Crippen LogP contribution in [0.4, 0.5) is 5.00 Å². The average Bonchev–Trinajstić information content (AvgIpc) is 3.30. The van der Waals surface area contributed by atoms with Crippen molar-refractivity contribution in [2.45, 2.75) is 78.7 Å². The fourth-order valence-corrected chi connectivity index (χ4v) is 5.84. The molecule has 2 aliphatic rings. The monoisotopic (exact) mass is 432 g/mol. The number of anilines is 1. The number of carbonyl (C=O) groups is 3. The summed E-state index contributed by atoms with van der Waals surface area (Å²) in [5.41, 5.74) is 3.62. The summed E-state index contributed by atoms with van der Waals surface area (Å²) in [7, 11) is 0. The lowest BCUT2D eigenvalue weighted by atomic mass is 9.76. The van der Waals surface area contributed by atoms with Gasteiger partial charge in [0, 0.05) is 10.9 Å². The van der Waals surface area contributed by atoms with E-state index in [0.29, 0.717) is 29.8 Å². The van der Waals surface area contributed by atoms with Crippen molar-refractivity contribution in [2.24, 2.45) is 11.8 Å². The molecule has 2 aliphatic carbocycles. The van der Waals surface area contributed by atoms with E-state index in [0.717, 1.165) is 47.3 Å². The second kappa shape index (κ2) is 9.33. The van der Waals surface area contributed by atoms with E-state index in [4.69, 9.17) is 0 Å². The molecule has 3 N–H and O–H groups in total. The van der Waals surface area contributed by atoms with Gasteiger partial charge in [0.15, 0.2) is 0 Å². The molecule has 30 heavy (non-hydrogen) atoms.